The molecule has 0 aliphatic rings. The number of ether oxygens (including phenoxy) is 1. The summed E-state index contributed by atoms with van der Waals surface area (Å²) >= 11 is 5.80. The van der Waals surface area contributed by atoms with E-state index in [-0.39, 0.29) is 24.4 Å². The summed E-state index contributed by atoms with van der Waals surface area (Å²) in [6.45, 7) is 7.84. The van der Waals surface area contributed by atoms with Crippen LogP contribution < -0.4 is 20.3 Å². The van der Waals surface area contributed by atoms with Crippen LogP contribution in [0.3, 0.4) is 0 Å². The van der Waals surface area contributed by atoms with Gasteiger partial charge in [-0.05, 0) is 45.0 Å². The summed E-state index contributed by atoms with van der Waals surface area (Å²) in [4.78, 5) is 24.6. The third-order valence-corrected chi connectivity index (χ3v) is 3.53. The molecular formula is C17H27ClN3O3+. The monoisotopic (exact) mass is 356 g/mol. The predicted octanol–water partition coefficient (Wildman–Crippen LogP) is 0.264. The molecule has 6 nitrogen and oxygen atoms in total. The van der Waals surface area contributed by atoms with Gasteiger partial charge in [-0.1, -0.05) is 11.6 Å². The van der Waals surface area contributed by atoms with Crippen molar-refractivity contribution >= 4 is 23.4 Å². The summed E-state index contributed by atoms with van der Waals surface area (Å²) in [6, 6.07) is 7.16. The van der Waals surface area contributed by atoms with E-state index in [4.69, 9.17) is 16.3 Å². The second-order valence-electron chi connectivity index (χ2n) is 5.83. The SMILES string of the molecule is CC[NH+](CC(=O)NCCOc1ccc(Cl)cc1)CC(=O)NC(C)C. The normalized spacial score (nSPS) is 11.9. The molecule has 3 N–H and O–H groups in total. The van der Waals surface area contributed by atoms with Crippen molar-refractivity contribution < 1.29 is 19.2 Å². The van der Waals surface area contributed by atoms with Crippen LogP contribution in [0.1, 0.15) is 20.8 Å². The Morgan fingerprint density at radius 3 is 2.38 bits per heavy atom. The van der Waals surface area contributed by atoms with Gasteiger partial charge in [0.15, 0.2) is 13.1 Å². The van der Waals surface area contributed by atoms with Crippen LogP contribution >= 0.6 is 11.6 Å². The Morgan fingerprint density at radius 2 is 1.79 bits per heavy atom. The summed E-state index contributed by atoms with van der Waals surface area (Å²) in [5, 5.41) is 6.29. The van der Waals surface area contributed by atoms with Gasteiger partial charge in [-0.15, -0.1) is 0 Å². The number of quaternary nitrogens is 1. The molecule has 0 aliphatic carbocycles. The third kappa shape index (κ3) is 8.74. The molecule has 1 rings (SSSR count). The highest BCUT2D eigenvalue weighted by Gasteiger charge is 2.16. The number of hydrogen-bond acceptors (Lipinski definition) is 3. The maximum absolute atomic E-state index is 11.9. The first kappa shape index (κ1) is 20.3. The number of likely N-dealkylation sites (N-methyl/N-ethyl adjacent to an activating group) is 1. The molecule has 0 spiro atoms. The minimum absolute atomic E-state index is 0.0410. The summed E-state index contributed by atoms with van der Waals surface area (Å²) in [6.07, 6.45) is 0. The Hall–Kier alpha value is -1.79. The molecule has 2 amide bonds. The lowest BCUT2D eigenvalue weighted by Gasteiger charge is -2.17. The molecule has 0 heterocycles. The number of benzene rings is 1. The smallest absolute Gasteiger partial charge is 0.275 e. The fourth-order valence-electron chi connectivity index (χ4n) is 2.09. The minimum Gasteiger partial charge on any atom is -0.492 e. The molecule has 24 heavy (non-hydrogen) atoms. The molecule has 0 bridgehead atoms. The Kier molecular flexibility index (Phi) is 9.19. The third-order valence-electron chi connectivity index (χ3n) is 3.28. The van der Waals surface area contributed by atoms with Gasteiger partial charge in [0, 0.05) is 11.1 Å². The number of nitrogens with one attached hydrogen (secondary N) is 3. The van der Waals surface area contributed by atoms with Crippen molar-refractivity contribution in [2.45, 2.75) is 26.8 Å². The van der Waals surface area contributed by atoms with Gasteiger partial charge in [-0.3, -0.25) is 9.59 Å². The van der Waals surface area contributed by atoms with Crippen LogP contribution in [0.4, 0.5) is 0 Å². The Labute approximate surface area is 148 Å². The molecule has 1 aromatic rings. The number of amides is 2. The Balaban J connectivity index is 2.23. The van der Waals surface area contributed by atoms with Crippen LogP contribution in [0.5, 0.6) is 5.75 Å². The van der Waals surface area contributed by atoms with E-state index in [2.05, 4.69) is 10.6 Å². The number of carbonyl (C=O) groups excluding carboxylic acids is 2. The molecule has 7 heteroatoms. The van der Waals surface area contributed by atoms with Crippen molar-refractivity contribution in [1.82, 2.24) is 10.6 Å². The molecule has 0 aliphatic heterocycles. The van der Waals surface area contributed by atoms with Crippen LogP contribution in [0.15, 0.2) is 24.3 Å². The standard InChI is InChI=1S/C17H26ClN3O3/c1-4-21(12-17(23)20-13(2)3)11-16(22)19-9-10-24-15-7-5-14(18)6-8-15/h5-8,13H,4,9-12H2,1-3H3,(H,19,22)(H,20,23)/p+1. The molecule has 0 radical (unpaired) electrons. The van der Waals surface area contributed by atoms with E-state index < -0.39 is 0 Å². The maximum atomic E-state index is 11.9. The lowest BCUT2D eigenvalue weighted by Crippen LogP contribution is -3.14. The highest BCUT2D eigenvalue weighted by molar-refractivity contribution is 6.30. The van der Waals surface area contributed by atoms with E-state index in [9.17, 15) is 9.59 Å². The van der Waals surface area contributed by atoms with Gasteiger partial charge in [-0.2, -0.15) is 0 Å². The zero-order chi connectivity index (χ0) is 17.9. The van der Waals surface area contributed by atoms with Crippen molar-refractivity contribution in [3.8, 4) is 5.75 Å². The van der Waals surface area contributed by atoms with E-state index in [1.807, 2.05) is 20.8 Å². The average molecular weight is 357 g/mol. The lowest BCUT2D eigenvalue weighted by atomic mass is 10.3. The number of hydrogen-bond donors (Lipinski definition) is 3. The maximum Gasteiger partial charge on any atom is 0.275 e. The zero-order valence-electron chi connectivity index (χ0n) is 14.5. The van der Waals surface area contributed by atoms with Crippen molar-refractivity contribution in [3.05, 3.63) is 29.3 Å². The van der Waals surface area contributed by atoms with E-state index in [0.717, 1.165) is 4.90 Å². The first-order valence-corrected chi connectivity index (χ1v) is 8.56. The van der Waals surface area contributed by atoms with Gasteiger partial charge in [0.05, 0.1) is 13.1 Å². The molecule has 0 saturated carbocycles. The second-order valence-corrected chi connectivity index (χ2v) is 6.27. The van der Waals surface area contributed by atoms with Crippen LogP contribution in [0.2, 0.25) is 5.02 Å². The van der Waals surface area contributed by atoms with Gasteiger partial charge in [0.2, 0.25) is 0 Å². The topological polar surface area (TPSA) is 71.9 Å². The van der Waals surface area contributed by atoms with Crippen molar-refractivity contribution in [3.63, 3.8) is 0 Å². The van der Waals surface area contributed by atoms with Gasteiger partial charge < -0.3 is 20.3 Å². The van der Waals surface area contributed by atoms with Crippen molar-refractivity contribution in [2.75, 3.05) is 32.8 Å². The van der Waals surface area contributed by atoms with E-state index in [0.29, 0.717) is 37.0 Å². The van der Waals surface area contributed by atoms with E-state index in [1.165, 1.54) is 0 Å². The summed E-state index contributed by atoms with van der Waals surface area (Å²) in [5.41, 5.74) is 0. The number of halogens is 1. The highest BCUT2D eigenvalue weighted by atomic mass is 35.5. The first-order chi connectivity index (χ1) is 11.4. The molecule has 0 saturated heterocycles. The summed E-state index contributed by atoms with van der Waals surface area (Å²) < 4.78 is 5.51. The quantitative estimate of drug-likeness (QED) is 0.527. The molecule has 1 unspecified atom stereocenters. The lowest BCUT2D eigenvalue weighted by molar-refractivity contribution is -0.881. The molecule has 134 valence electrons. The summed E-state index contributed by atoms with van der Waals surface area (Å²) in [7, 11) is 0. The van der Waals surface area contributed by atoms with E-state index in [1.54, 1.807) is 24.3 Å². The van der Waals surface area contributed by atoms with Crippen molar-refractivity contribution in [1.29, 1.82) is 0 Å². The Bertz CT molecular complexity index is 520. The highest BCUT2D eigenvalue weighted by Crippen LogP contribution is 2.14. The first-order valence-electron chi connectivity index (χ1n) is 8.18. The molecule has 1 atom stereocenters. The molecule has 0 fully saturated rings. The van der Waals surface area contributed by atoms with Crippen LogP contribution in [-0.4, -0.2) is 50.6 Å². The van der Waals surface area contributed by atoms with E-state index >= 15 is 0 Å². The number of carbonyl (C=O) groups is 2. The van der Waals surface area contributed by atoms with Gasteiger partial charge in [-0.25, -0.2) is 0 Å². The number of rotatable bonds is 10. The second kappa shape index (κ2) is 10.9. The minimum atomic E-state index is -0.0936. The van der Waals surface area contributed by atoms with Crippen LogP contribution in [0.25, 0.3) is 0 Å². The van der Waals surface area contributed by atoms with Crippen LogP contribution in [-0.2, 0) is 9.59 Å². The van der Waals surface area contributed by atoms with Crippen LogP contribution in [0, 0.1) is 0 Å². The Morgan fingerprint density at radius 1 is 1.17 bits per heavy atom. The van der Waals surface area contributed by atoms with Gasteiger partial charge in [0.1, 0.15) is 12.4 Å². The molecule has 1 aromatic carbocycles. The predicted molar refractivity (Wildman–Crippen MR) is 94.5 cm³/mol. The van der Waals surface area contributed by atoms with Gasteiger partial charge in [0.25, 0.3) is 11.8 Å². The zero-order valence-corrected chi connectivity index (χ0v) is 15.3. The fourth-order valence-corrected chi connectivity index (χ4v) is 2.22. The average Bonchev–Trinajstić information content (AvgIpc) is 2.51. The fraction of sp³-hybridized carbons (Fsp3) is 0.529. The molecule has 0 aromatic heterocycles. The largest absolute Gasteiger partial charge is 0.492 e. The summed E-state index contributed by atoms with van der Waals surface area (Å²) in [5.74, 6) is 0.574. The van der Waals surface area contributed by atoms with Crippen molar-refractivity contribution in [2.24, 2.45) is 0 Å². The van der Waals surface area contributed by atoms with Gasteiger partial charge >= 0.3 is 0 Å². The molecular weight excluding hydrogens is 330 g/mol.